The quantitative estimate of drug-likeness (QED) is 0.559. The van der Waals surface area contributed by atoms with Gasteiger partial charge in [-0.1, -0.05) is 61.9 Å². The summed E-state index contributed by atoms with van der Waals surface area (Å²) in [6, 6.07) is 0. The van der Waals surface area contributed by atoms with E-state index in [0.29, 0.717) is 0 Å². The van der Waals surface area contributed by atoms with Gasteiger partial charge in [-0.15, -0.1) is 0 Å². The van der Waals surface area contributed by atoms with Crippen LogP contribution in [0.15, 0.2) is 0 Å². The first-order chi connectivity index (χ1) is 5.35. The molecule has 0 aromatic heterocycles. The molecule has 0 bridgehead atoms. The summed E-state index contributed by atoms with van der Waals surface area (Å²) in [6.45, 7) is 4.56. The molecule has 0 aliphatic heterocycles. The molecule has 0 fully saturated rings. The largest absolute Gasteiger partial charge is 0.0928 e. The first-order valence-electron chi connectivity index (χ1n) is 4.91. The third-order valence-corrected chi connectivity index (χ3v) is 2.64. The lowest BCUT2D eigenvalue weighted by molar-refractivity contribution is 0.421. The SMILES string of the molecule is CCCCC(CCC)CCBr. The minimum Gasteiger partial charge on any atom is -0.0928 e. The zero-order valence-electron chi connectivity index (χ0n) is 7.91. The third kappa shape index (κ3) is 6.86. The van der Waals surface area contributed by atoms with Crippen molar-refractivity contribution in [1.29, 1.82) is 0 Å². The fraction of sp³-hybridized carbons (Fsp3) is 1.00. The van der Waals surface area contributed by atoms with Gasteiger partial charge in [0.25, 0.3) is 0 Å². The second kappa shape index (κ2) is 8.58. The Kier molecular flexibility index (Phi) is 8.95. The highest BCUT2D eigenvalue weighted by Crippen LogP contribution is 2.19. The van der Waals surface area contributed by atoms with Crippen LogP contribution < -0.4 is 0 Å². The number of unbranched alkanes of at least 4 members (excludes halogenated alkanes) is 1. The maximum absolute atomic E-state index is 3.51. The molecular formula is C10H21Br. The van der Waals surface area contributed by atoms with E-state index in [1.807, 2.05) is 0 Å². The van der Waals surface area contributed by atoms with E-state index < -0.39 is 0 Å². The van der Waals surface area contributed by atoms with Crippen LogP contribution in [0.25, 0.3) is 0 Å². The van der Waals surface area contributed by atoms with Crippen LogP contribution >= 0.6 is 15.9 Å². The van der Waals surface area contributed by atoms with Gasteiger partial charge in [0.15, 0.2) is 0 Å². The summed E-state index contributed by atoms with van der Waals surface area (Å²) in [7, 11) is 0. The van der Waals surface area contributed by atoms with E-state index in [-0.39, 0.29) is 0 Å². The predicted molar refractivity (Wildman–Crippen MR) is 56.3 cm³/mol. The molecule has 0 aliphatic rings. The molecule has 0 heterocycles. The summed E-state index contributed by atoms with van der Waals surface area (Å²) >= 11 is 3.51. The Morgan fingerprint density at radius 2 is 1.73 bits per heavy atom. The Labute approximate surface area is 79.9 Å². The molecule has 0 saturated carbocycles. The molecule has 0 aromatic rings. The van der Waals surface area contributed by atoms with Crippen molar-refractivity contribution in [1.82, 2.24) is 0 Å². The Morgan fingerprint density at radius 3 is 2.18 bits per heavy atom. The molecule has 0 N–H and O–H groups in total. The highest BCUT2D eigenvalue weighted by atomic mass is 79.9. The Morgan fingerprint density at radius 1 is 1.00 bits per heavy atom. The molecule has 1 heteroatoms. The fourth-order valence-electron chi connectivity index (χ4n) is 1.49. The van der Waals surface area contributed by atoms with Gasteiger partial charge < -0.3 is 0 Å². The lowest BCUT2D eigenvalue weighted by Gasteiger charge is -2.13. The molecular weight excluding hydrogens is 200 g/mol. The lowest BCUT2D eigenvalue weighted by Crippen LogP contribution is -2.00. The van der Waals surface area contributed by atoms with Crippen molar-refractivity contribution < 1.29 is 0 Å². The lowest BCUT2D eigenvalue weighted by atomic mass is 9.95. The summed E-state index contributed by atoms with van der Waals surface area (Å²) < 4.78 is 0. The Bertz CT molecular complexity index is 65.3. The van der Waals surface area contributed by atoms with Gasteiger partial charge >= 0.3 is 0 Å². The number of halogens is 1. The monoisotopic (exact) mass is 220 g/mol. The minimum absolute atomic E-state index is 0.985. The minimum atomic E-state index is 0.985. The van der Waals surface area contributed by atoms with Crippen molar-refractivity contribution in [3.05, 3.63) is 0 Å². The van der Waals surface area contributed by atoms with Crippen LogP contribution in [0.3, 0.4) is 0 Å². The molecule has 0 aliphatic carbocycles. The first kappa shape index (κ1) is 11.5. The normalized spacial score (nSPS) is 13.4. The van der Waals surface area contributed by atoms with Gasteiger partial charge in [-0.2, -0.15) is 0 Å². The van der Waals surface area contributed by atoms with E-state index in [2.05, 4.69) is 29.8 Å². The summed E-state index contributed by atoms with van der Waals surface area (Å²) in [4.78, 5) is 0. The topological polar surface area (TPSA) is 0 Å². The van der Waals surface area contributed by atoms with Crippen LogP contribution in [-0.2, 0) is 0 Å². The summed E-state index contributed by atoms with van der Waals surface area (Å²) in [5, 5.41) is 1.18. The maximum atomic E-state index is 3.51. The Balaban J connectivity index is 3.34. The van der Waals surface area contributed by atoms with Crippen LogP contribution in [-0.4, -0.2) is 5.33 Å². The van der Waals surface area contributed by atoms with E-state index in [4.69, 9.17) is 0 Å². The number of rotatable bonds is 7. The zero-order valence-corrected chi connectivity index (χ0v) is 9.49. The van der Waals surface area contributed by atoms with E-state index in [0.717, 1.165) is 5.92 Å². The average molecular weight is 221 g/mol. The summed E-state index contributed by atoms with van der Waals surface area (Å²) in [5.41, 5.74) is 0. The van der Waals surface area contributed by atoms with Crippen LogP contribution in [0.1, 0.15) is 52.4 Å². The molecule has 1 atom stereocenters. The van der Waals surface area contributed by atoms with Gasteiger partial charge in [-0.3, -0.25) is 0 Å². The molecule has 0 aromatic carbocycles. The van der Waals surface area contributed by atoms with Gasteiger partial charge in [0.2, 0.25) is 0 Å². The molecule has 11 heavy (non-hydrogen) atoms. The molecule has 0 spiro atoms. The molecule has 0 saturated heterocycles. The number of hydrogen-bond acceptors (Lipinski definition) is 0. The van der Waals surface area contributed by atoms with E-state index >= 15 is 0 Å². The van der Waals surface area contributed by atoms with Crippen molar-refractivity contribution >= 4 is 15.9 Å². The first-order valence-corrected chi connectivity index (χ1v) is 6.03. The van der Waals surface area contributed by atoms with E-state index in [1.165, 1.54) is 43.9 Å². The zero-order chi connectivity index (χ0) is 8.53. The second-order valence-corrected chi connectivity index (χ2v) is 4.07. The number of alkyl halides is 1. The molecule has 0 radical (unpaired) electrons. The van der Waals surface area contributed by atoms with Crippen molar-refractivity contribution in [3.63, 3.8) is 0 Å². The van der Waals surface area contributed by atoms with E-state index in [1.54, 1.807) is 0 Å². The number of hydrogen-bond donors (Lipinski definition) is 0. The third-order valence-electron chi connectivity index (χ3n) is 2.18. The van der Waals surface area contributed by atoms with Gasteiger partial charge in [-0.05, 0) is 12.3 Å². The fourth-order valence-corrected chi connectivity index (χ4v) is 2.14. The van der Waals surface area contributed by atoms with Crippen molar-refractivity contribution in [2.24, 2.45) is 5.92 Å². The summed E-state index contributed by atoms with van der Waals surface area (Å²) in [6.07, 6.45) is 8.34. The molecule has 68 valence electrons. The molecule has 0 rings (SSSR count). The molecule has 0 amide bonds. The van der Waals surface area contributed by atoms with Gasteiger partial charge in [0.05, 0.1) is 0 Å². The second-order valence-electron chi connectivity index (χ2n) is 3.27. The standard InChI is InChI=1S/C10H21Br/c1-3-5-7-10(6-4-2)8-9-11/h10H,3-9H2,1-2H3. The Hall–Kier alpha value is 0.480. The molecule has 0 nitrogen and oxygen atoms in total. The van der Waals surface area contributed by atoms with Crippen LogP contribution in [0, 0.1) is 5.92 Å². The average Bonchev–Trinajstić information content (AvgIpc) is 2.01. The van der Waals surface area contributed by atoms with Gasteiger partial charge in [-0.25, -0.2) is 0 Å². The van der Waals surface area contributed by atoms with E-state index in [9.17, 15) is 0 Å². The maximum Gasteiger partial charge on any atom is 0.00339 e. The highest BCUT2D eigenvalue weighted by Gasteiger charge is 2.05. The van der Waals surface area contributed by atoms with Crippen molar-refractivity contribution in [2.75, 3.05) is 5.33 Å². The van der Waals surface area contributed by atoms with Crippen molar-refractivity contribution in [2.45, 2.75) is 52.4 Å². The van der Waals surface area contributed by atoms with Gasteiger partial charge in [0.1, 0.15) is 0 Å². The highest BCUT2D eigenvalue weighted by molar-refractivity contribution is 9.09. The van der Waals surface area contributed by atoms with Crippen LogP contribution in [0.4, 0.5) is 0 Å². The summed E-state index contributed by atoms with van der Waals surface area (Å²) in [5.74, 6) is 0.985. The molecule has 1 unspecified atom stereocenters. The van der Waals surface area contributed by atoms with Crippen molar-refractivity contribution in [3.8, 4) is 0 Å². The van der Waals surface area contributed by atoms with Crippen LogP contribution in [0.2, 0.25) is 0 Å². The smallest absolute Gasteiger partial charge is 0.00339 e. The predicted octanol–water partition coefficient (Wildman–Crippen LogP) is 4.38. The van der Waals surface area contributed by atoms with Gasteiger partial charge in [0, 0.05) is 5.33 Å². The van der Waals surface area contributed by atoms with Crippen LogP contribution in [0.5, 0.6) is 0 Å².